The van der Waals surface area contributed by atoms with Crippen LogP contribution in [-0.4, -0.2) is 66.4 Å². The summed E-state index contributed by atoms with van der Waals surface area (Å²) in [5.41, 5.74) is 0. The number of carbonyl (C=O) groups excluding carboxylic acids is 1. The van der Waals surface area contributed by atoms with Gasteiger partial charge in [-0.15, -0.1) is 0 Å². The molecule has 0 bridgehead atoms. The summed E-state index contributed by atoms with van der Waals surface area (Å²) in [6.45, 7) is 9.61. The van der Waals surface area contributed by atoms with Gasteiger partial charge in [0.15, 0.2) is 0 Å². The van der Waals surface area contributed by atoms with Crippen LogP contribution in [0.25, 0.3) is 0 Å². The molecular formula is C12H24N2O3. The molecule has 100 valence electrons. The normalized spacial score (nSPS) is 19.5. The lowest BCUT2D eigenvalue weighted by Gasteiger charge is -2.39. The smallest absolute Gasteiger partial charge is 0.409 e. The highest BCUT2D eigenvalue weighted by molar-refractivity contribution is 5.67. The molecule has 0 aliphatic carbocycles. The first kappa shape index (κ1) is 14.3. The maximum absolute atomic E-state index is 11.5. The topological polar surface area (TPSA) is 53.0 Å². The molecule has 1 atom stereocenters. The van der Waals surface area contributed by atoms with Crippen LogP contribution in [0.2, 0.25) is 0 Å². The maximum Gasteiger partial charge on any atom is 0.409 e. The van der Waals surface area contributed by atoms with Crippen LogP contribution in [0.3, 0.4) is 0 Å². The van der Waals surface area contributed by atoms with Gasteiger partial charge in [0.25, 0.3) is 0 Å². The number of aliphatic hydroxyl groups is 1. The van der Waals surface area contributed by atoms with Crippen molar-refractivity contribution >= 4 is 6.09 Å². The minimum absolute atomic E-state index is 0.178. The molecule has 1 N–H and O–H groups in total. The Kier molecular flexibility index (Phi) is 5.71. The fraction of sp³-hybridized carbons (Fsp3) is 0.917. The molecule has 0 radical (unpaired) electrons. The summed E-state index contributed by atoms with van der Waals surface area (Å²) >= 11 is 0. The summed E-state index contributed by atoms with van der Waals surface area (Å²) in [6.07, 6.45) is -0.225. The molecule has 0 aromatic rings. The Balaban J connectivity index is 2.42. The third kappa shape index (κ3) is 3.85. The van der Waals surface area contributed by atoms with Crippen LogP contribution in [0.5, 0.6) is 0 Å². The molecule has 1 amide bonds. The van der Waals surface area contributed by atoms with Gasteiger partial charge in [-0.05, 0) is 12.8 Å². The van der Waals surface area contributed by atoms with Gasteiger partial charge < -0.3 is 14.7 Å². The highest BCUT2D eigenvalue weighted by Gasteiger charge is 2.27. The van der Waals surface area contributed by atoms with Crippen molar-refractivity contribution in [2.75, 3.05) is 39.4 Å². The number of hydrogen-bond donors (Lipinski definition) is 1. The lowest BCUT2D eigenvalue weighted by atomic mass is 10.0. The highest BCUT2D eigenvalue weighted by Crippen LogP contribution is 2.13. The molecule has 0 spiro atoms. The van der Waals surface area contributed by atoms with E-state index in [0.29, 0.717) is 25.6 Å². The van der Waals surface area contributed by atoms with Crippen LogP contribution >= 0.6 is 0 Å². The van der Waals surface area contributed by atoms with Crippen molar-refractivity contribution in [1.29, 1.82) is 0 Å². The fourth-order valence-electron chi connectivity index (χ4n) is 2.20. The van der Waals surface area contributed by atoms with Crippen LogP contribution in [-0.2, 0) is 4.74 Å². The summed E-state index contributed by atoms with van der Waals surface area (Å²) in [5, 5.41) is 9.36. The predicted octanol–water partition coefficient (Wildman–Crippen LogP) is 0.777. The van der Waals surface area contributed by atoms with Crippen molar-refractivity contribution in [1.82, 2.24) is 9.80 Å². The minimum Gasteiger partial charge on any atom is -0.450 e. The van der Waals surface area contributed by atoms with E-state index in [1.165, 1.54) is 0 Å². The second-order valence-corrected chi connectivity index (χ2v) is 4.72. The molecule has 0 aromatic heterocycles. The van der Waals surface area contributed by atoms with Gasteiger partial charge in [0.1, 0.15) is 0 Å². The zero-order chi connectivity index (χ0) is 12.8. The van der Waals surface area contributed by atoms with E-state index in [4.69, 9.17) is 4.74 Å². The Morgan fingerprint density at radius 1 is 1.29 bits per heavy atom. The fourth-order valence-corrected chi connectivity index (χ4v) is 2.20. The van der Waals surface area contributed by atoms with Crippen LogP contribution in [0, 0.1) is 5.92 Å². The summed E-state index contributed by atoms with van der Waals surface area (Å²) in [4.78, 5) is 15.5. The summed E-state index contributed by atoms with van der Waals surface area (Å²) in [7, 11) is 0. The Morgan fingerprint density at radius 3 is 2.29 bits per heavy atom. The Bertz CT molecular complexity index is 238. The Hall–Kier alpha value is -0.810. The first-order chi connectivity index (χ1) is 8.10. The molecule has 5 heteroatoms. The molecule has 1 heterocycles. The van der Waals surface area contributed by atoms with Crippen molar-refractivity contribution in [3.05, 3.63) is 0 Å². The molecule has 1 unspecified atom stereocenters. The lowest BCUT2D eigenvalue weighted by molar-refractivity contribution is 0.0369. The van der Waals surface area contributed by atoms with Gasteiger partial charge in [-0.2, -0.15) is 0 Å². The Morgan fingerprint density at radius 2 is 1.88 bits per heavy atom. The molecular weight excluding hydrogens is 220 g/mol. The van der Waals surface area contributed by atoms with Crippen molar-refractivity contribution in [3.8, 4) is 0 Å². The van der Waals surface area contributed by atoms with Gasteiger partial charge >= 0.3 is 6.09 Å². The molecule has 5 nitrogen and oxygen atoms in total. The van der Waals surface area contributed by atoms with E-state index in [2.05, 4.69) is 18.7 Å². The largest absolute Gasteiger partial charge is 0.450 e. The number of nitrogens with zero attached hydrogens (tertiary/aromatic N) is 2. The SMILES string of the molecule is CCOC(=O)N1CCN(C(CO)C(C)C)CC1. The van der Waals surface area contributed by atoms with Gasteiger partial charge in [0.2, 0.25) is 0 Å². The first-order valence-electron chi connectivity index (χ1n) is 6.36. The van der Waals surface area contributed by atoms with E-state index in [-0.39, 0.29) is 18.7 Å². The average molecular weight is 244 g/mol. The number of hydrogen-bond acceptors (Lipinski definition) is 4. The highest BCUT2D eigenvalue weighted by atomic mass is 16.6. The minimum atomic E-state index is -0.225. The quantitative estimate of drug-likeness (QED) is 0.794. The van der Waals surface area contributed by atoms with Crippen LogP contribution in [0.15, 0.2) is 0 Å². The van der Waals surface area contributed by atoms with Crippen molar-refractivity contribution in [2.45, 2.75) is 26.8 Å². The molecule has 1 aliphatic rings. The molecule has 1 rings (SSSR count). The van der Waals surface area contributed by atoms with Crippen LogP contribution in [0.1, 0.15) is 20.8 Å². The second-order valence-electron chi connectivity index (χ2n) is 4.72. The van der Waals surface area contributed by atoms with Crippen molar-refractivity contribution in [3.63, 3.8) is 0 Å². The molecule has 17 heavy (non-hydrogen) atoms. The van der Waals surface area contributed by atoms with Crippen molar-refractivity contribution in [2.24, 2.45) is 5.92 Å². The third-order valence-electron chi connectivity index (χ3n) is 3.27. The summed E-state index contributed by atoms with van der Waals surface area (Å²) < 4.78 is 4.97. The van der Waals surface area contributed by atoms with E-state index in [1.54, 1.807) is 4.90 Å². The zero-order valence-corrected chi connectivity index (χ0v) is 11.1. The maximum atomic E-state index is 11.5. The van der Waals surface area contributed by atoms with Crippen molar-refractivity contribution < 1.29 is 14.6 Å². The standard InChI is InChI=1S/C12H24N2O3/c1-4-17-12(16)14-7-5-13(6-8-14)11(9-15)10(2)3/h10-11,15H,4-9H2,1-3H3. The zero-order valence-electron chi connectivity index (χ0n) is 11.1. The molecule has 1 fully saturated rings. The number of piperazine rings is 1. The van der Waals surface area contributed by atoms with Gasteiger partial charge in [0, 0.05) is 32.2 Å². The van der Waals surface area contributed by atoms with Crippen LogP contribution in [0.4, 0.5) is 4.79 Å². The van der Waals surface area contributed by atoms with Gasteiger partial charge in [-0.3, -0.25) is 4.90 Å². The number of ether oxygens (including phenoxy) is 1. The summed E-state index contributed by atoms with van der Waals surface area (Å²) in [5.74, 6) is 0.425. The second kappa shape index (κ2) is 6.81. The average Bonchev–Trinajstić information content (AvgIpc) is 2.30. The van der Waals surface area contributed by atoms with E-state index in [1.807, 2.05) is 6.92 Å². The third-order valence-corrected chi connectivity index (χ3v) is 3.27. The molecule has 0 saturated carbocycles. The number of carbonyl (C=O) groups is 1. The Labute approximate surface area is 103 Å². The molecule has 0 aromatic carbocycles. The van der Waals surface area contributed by atoms with Gasteiger partial charge in [0.05, 0.1) is 13.2 Å². The van der Waals surface area contributed by atoms with Gasteiger partial charge in [-0.1, -0.05) is 13.8 Å². The van der Waals surface area contributed by atoms with E-state index >= 15 is 0 Å². The number of amides is 1. The first-order valence-corrected chi connectivity index (χ1v) is 6.36. The monoisotopic (exact) mass is 244 g/mol. The van der Waals surface area contributed by atoms with E-state index < -0.39 is 0 Å². The summed E-state index contributed by atoms with van der Waals surface area (Å²) in [6, 6.07) is 0.194. The number of aliphatic hydroxyl groups excluding tert-OH is 1. The molecule has 1 aliphatic heterocycles. The van der Waals surface area contributed by atoms with Gasteiger partial charge in [-0.25, -0.2) is 4.79 Å². The number of rotatable bonds is 4. The lowest BCUT2D eigenvalue weighted by Crippen LogP contribution is -2.54. The van der Waals surface area contributed by atoms with E-state index in [9.17, 15) is 9.90 Å². The van der Waals surface area contributed by atoms with Crippen LogP contribution < -0.4 is 0 Å². The van der Waals surface area contributed by atoms with E-state index in [0.717, 1.165) is 13.1 Å². The predicted molar refractivity (Wildman–Crippen MR) is 65.9 cm³/mol. The molecule has 1 saturated heterocycles.